The fraction of sp³-hybridized carbons (Fsp3) is 0.250. The number of thiazole rings is 2. The predicted molar refractivity (Wildman–Crippen MR) is 170 cm³/mol. The van der Waals surface area contributed by atoms with E-state index < -0.39 is 40.6 Å². The molecule has 4 aromatic rings. The maximum atomic E-state index is 13.5. The van der Waals surface area contributed by atoms with Crippen LogP contribution in [-0.4, -0.2) is 67.9 Å². The molecule has 0 spiro atoms. The van der Waals surface area contributed by atoms with Crippen LogP contribution in [0.25, 0.3) is 21.1 Å². The van der Waals surface area contributed by atoms with E-state index in [9.17, 15) is 53.8 Å². The van der Waals surface area contributed by atoms with Crippen molar-refractivity contribution in [3.8, 4) is 21.1 Å². The van der Waals surface area contributed by atoms with Gasteiger partial charge in [0, 0.05) is 23.5 Å². The molecule has 48 heavy (non-hydrogen) atoms. The van der Waals surface area contributed by atoms with Crippen LogP contribution < -0.4 is 0 Å². The number of aryl methyl sites for hydroxylation is 2. The second kappa shape index (κ2) is 17.3. The predicted octanol–water partition coefficient (Wildman–Crippen LogP) is 8.71. The number of aliphatic hydroxyl groups excluding tert-OH is 1. The minimum absolute atomic E-state index is 0. The molecule has 0 radical (unpaired) electrons. The van der Waals surface area contributed by atoms with E-state index in [4.69, 9.17) is 0 Å². The molecule has 0 saturated carbocycles. The average molecular weight is 897 g/mol. The summed E-state index contributed by atoms with van der Waals surface area (Å²) in [5, 5.41) is 10.4. The minimum atomic E-state index is -4.56. The third-order valence-corrected chi connectivity index (χ3v) is 8.20. The first-order valence-electron chi connectivity index (χ1n) is 12.4. The number of pyridine rings is 2. The second-order valence-electron chi connectivity index (χ2n) is 8.94. The average Bonchev–Trinajstić information content (AvgIpc) is 3.58. The van der Waals surface area contributed by atoms with Gasteiger partial charge in [0.15, 0.2) is 12.4 Å². The van der Waals surface area contributed by atoms with Crippen LogP contribution in [0.2, 0.25) is 0 Å². The van der Waals surface area contributed by atoms with Crippen LogP contribution >= 0.6 is 38.6 Å². The van der Waals surface area contributed by atoms with Gasteiger partial charge >= 0.3 is 43.0 Å². The molecule has 0 aliphatic heterocycles. The van der Waals surface area contributed by atoms with Crippen LogP contribution in [0, 0.1) is 13.8 Å². The van der Waals surface area contributed by atoms with Crippen LogP contribution in [0.4, 0.5) is 43.9 Å². The first-order valence-corrected chi connectivity index (χ1v) is 14.8. The van der Waals surface area contributed by atoms with Crippen molar-refractivity contribution in [2.24, 2.45) is 0 Å². The van der Waals surface area contributed by atoms with E-state index in [1.165, 1.54) is 13.0 Å². The van der Waals surface area contributed by atoms with Gasteiger partial charge in [-0.1, -0.05) is 13.2 Å². The molecule has 4 rings (SSSR count). The number of aldehydes is 1. The quantitative estimate of drug-likeness (QED) is 0.0865. The zero-order valence-electron chi connectivity index (χ0n) is 23.8. The Hall–Kier alpha value is -2.68. The fourth-order valence-electron chi connectivity index (χ4n) is 3.09. The van der Waals surface area contributed by atoms with E-state index in [2.05, 4.69) is 33.1 Å². The van der Waals surface area contributed by atoms with Crippen molar-refractivity contribution >= 4 is 70.7 Å². The van der Waals surface area contributed by atoms with Crippen LogP contribution in [0.5, 0.6) is 0 Å². The number of rotatable bonds is 7. The second-order valence-corrected chi connectivity index (χ2v) is 12.1. The third kappa shape index (κ3) is 12.3. The van der Waals surface area contributed by atoms with Crippen LogP contribution in [0.1, 0.15) is 43.4 Å². The Kier molecular flexibility index (Phi) is 15.6. The van der Waals surface area contributed by atoms with Gasteiger partial charge in [0.2, 0.25) is 0 Å². The molecule has 0 aliphatic carbocycles. The number of aliphatic hydroxyl groups is 1. The van der Waals surface area contributed by atoms with E-state index in [1.807, 2.05) is 15.9 Å². The molecule has 1 N–H and O–H groups in total. The molecule has 260 valence electrons. The van der Waals surface area contributed by atoms with Gasteiger partial charge in [-0.25, -0.2) is 9.97 Å². The Labute approximate surface area is 301 Å². The zero-order valence-corrected chi connectivity index (χ0v) is 27.0. The monoisotopic (exact) mass is 896 g/mol. The Morgan fingerprint density at radius 1 is 0.771 bits per heavy atom. The van der Waals surface area contributed by atoms with E-state index in [-0.39, 0.29) is 47.0 Å². The van der Waals surface area contributed by atoms with E-state index in [0.29, 0.717) is 39.6 Å². The van der Waals surface area contributed by atoms with Gasteiger partial charge in [-0.15, -0.1) is 22.7 Å². The molecule has 0 amide bonds. The van der Waals surface area contributed by atoms with Crippen molar-refractivity contribution in [2.75, 3.05) is 0 Å². The number of halogens is 11. The summed E-state index contributed by atoms with van der Waals surface area (Å²) < 4.78 is 124. The van der Waals surface area contributed by atoms with Crippen molar-refractivity contribution < 1.29 is 53.8 Å². The van der Waals surface area contributed by atoms with Gasteiger partial charge in [-0.3, -0.25) is 14.8 Å². The molecule has 4 aromatic heterocycles. The Morgan fingerprint density at radius 2 is 1.19 bits per heavy atom. The SMILES string of the molecule is C=CC(F)(F)Br.C=CC(F)(F)C(O)c1sc(-c2ccc(C(F)(F)F)nc2)nc1C.Cc1nc(-c2ccc(C(F)(F)F)nc2)sc1C=O.[InH3]. The number of carbonyl (C=O) groups is 1. The summed E-state index contributed by atoms with van der Waals surface area (Å²) >= 11 is 3.92. The number of nitrogens with zero attached hydrogens (tertiary/aromatic N) is 4. The summed E-state index contributed by atoms with van der Waals surface area (Å²) in [4.78, 5) is 22.9. The normalized spacial score (nSPS) is 12.4. The summed E-state index contributed by atoms with van der Waals surface area (Å²) in [7, 11) is 0. The fourth-order valence-corrected chi connectivity index (χ4v) is 5.05. The third-order valence-electron chi connectivity index (χ3n) is 5.49. The molecular weight excluding hydrogens is 873 g/mol. The van der Waals surface area contributed by atoms with Crippen molar-refractivity contribution in [3.05, 3.63) is 94.5 Å². The molecule has 0 aliphatic rings. The van der Waals surface area contributed by atoms with Crippen LogP contribution in [0.3, 0.4) is 0 Å². The molecule has 6 nitrogen and oxygen atoms in total. The summed E-state index contributed by atoms with van der Waals surface area (Å²) in [6, 6.07) is 4.12. The number of carbonyl (C=O) groups excluding carboxylic acids is 1. The standard InChI is InChI=1S/C14H11F5N2OS.C11H7F3N2OS.C3H3BrF2.In.3H/c1-3-13(15,16)11(22)10-7(2)21-12(23-10)8-4-5-9(20-6-8)14(17,18)19;1-6-8(5-17)18-10(16-6)7-2-3-9(15-4-7)11(12,13)14;1-2-3(4,5)6;;;;/h3-6,11,22H,1H2,2H3;2-5H,1H3;2H,1H2;;;;. The van der Waals surface area contributed by atoms with Crippen molar-refractivity contribution in [3.63, 3.8) is 0 Å². The molecule has 1 unspecified atom stereocenters. The van der Waals surface area contributed by atoms with Gasteiger partial charge in [0.1, 0.15) is 21.4 Å². The van der Waals surface area contributed by atoms with Gasteiger partial charge in [0.25, 0.3) is 5.92 Å². The Morgan fingerprint density at radius 3 is 1.50 bits per heavy atom. The van der Waals surface area contributed by atoms with E-state index in [0.717, 1.165) is 53.3 Å². The van der Waals surface area contributed by atoms with Crippen molar-refractivity contribution in [1.82, 2.24) is 19.9 Å². The van der Waals surface area contributed by atoms with E-state index >= 15 is 0 Å². The molecule has 1 atom stereocenters. The summed E-state index contributed by atoms with van der Waals surface area (Å²) in [6.45, 7) is 8.89. The Bertz CT molecular complexity index is 1670. The first-order chi connectivity index (χ1) is 21.5. The zero-order chi connectivity index (χ0) is 36.0. The number of aromatic nitrogens is 4. The van der Waals surface area contributed by atoms with Gasteiger partial charge in [-0.05, 0) is 66.2 Å². The van der Waals surface area contributed by atoms with Crippen molar-refractivity contribution in [2.45, 2.75) is 43.1 Å². The number of allylic oxidation sites excluding steroid dienone is 1. The van der Waals surface area contributed by atoms with Gasteiger partial charge < -0.3 is 5.11 Å². The van der Waals surface area contributed by atoms with Crippen molar-refractivity contribution in [1.29, 1.82) is 0 Å². The molecule has 0 fully saturated rings. The van der Waals surface area contributed by atoms with E-state index in [1.54, 1.807) is 6.92 Å². The summed E-state index contributed by atoms with van der Waals surface area (Å²) in [5.74, 6) is -3.53. The molecule has 0 bridgehead atoms. The molecule has 4 heterocycles. The summed E-state index contributed by atoms with van der Waals surface area (Å²) in [5.41, 5.74) is -0.581. The molecular formula is C28H24BrF10InN4O2S2. The first kappa shape index (κ1) is 43.3. The molecule has 20 heteroatoms. The van der Waals surface area contributed by atoms with Crippen LogP contribution in [0.15, 0.2) is 62.0 Å². The van der Waals surface area contributed by atoms with Crippen LogP contribution in [-0.2, 0) is 12.4 Å². The van der Waals surface area contributed by atoms with Gasteiger partial charge in [-0.2, -0.15) is 43.9 Å². The molecule has 0 aromatic carbocycles. The number of hydrogen-bond donors (Lipinski definition) is 1. The molecule has 0 saturated heterocycles. The number of hydrogen-bond acceptors (Lipinski definition) is 8. The topological polar surface area (TPSA) is 88.9 Å². The maximum absolute atomic E-state index is 13.5. The Balaban J connectivity index is 0.000000411. The van der Waals surface area contributed by atoms with Gasteiger partial charge in [0.05, 0.1) is 21.1 Å². The number of alkyl halides is 11. The summed E-state index contributed by atoms with van der Waals surface area (Å²) in [6.07, 6.45) is -7.54.